The summed E-state index contributed by atoms with van der Waals surface area (Å²) in [7, 11) is 0. The number of nitrogens with zero attached hydrogens (tertiary/aromatic N) is 2. The van der Waals surface area contributed by atoms with Crippen LogP contribution in [0.4, 0.5) is 11.4 Å². The molecule has 0 fully saturated rings. The lowest BCUT2D eigenvalue weighted by Crippen LogP contribution is -2.17. The van der Waals surface area contributed by atoms with Gasteiger partial charge in [-0.3, -0.25) is 0 Å². The summed E-state index contributed by atoms with van der Waals surface area (Å²) >= 11 is 0. The first-order valence-corrected chi connectivity index (χ1v) is 10.7. The highest BCUT2D eigenvalue weighted by Crippen LogP contribution is 2.33. The van der Waals surface area contributed by atoms with Crippen molar-refractivity contribution in [2.24, 2.45) is 5.16 Å². The smallest absolute Gasteiger partial charge is 0.314 e. The number of para-hydroxylation sites is 1. The average molecular weight is 418 g/mol. The van der Waals surface area contributed by atoms with Crippen LogP contribution in [-0.4, -0.2) is 11.7 Å². The van der Waals surface area contributed by atoms with Crippen LogP contribution in [0.15, 0.2) is 120 Å². The molecular weight excluding hydrogens is 396 g/mol. The highest BCUT2D eigenvalue weighted by Gasteiger charge is 2.26. The van der Waals surface area contributed by atoms with Crippen LogP contribution in [-0.2, 0) is 9.63 Å². The largest absolute Gasteiger partial charge is 0.368 e. The van der Waals surface area contributed by atoms with Gasteiger partial charge in [-0.05, 0) is 54.8 Å². The zero-order valence-corrected chi connectivity index (χ0v) is 17.5. The van der Waals surface area contributed by atoms with Crippen LogP contribution < -0.4 is 4.90 Å². The van der Waals surface area contributed by atoms with Gasteiger partial charge in [0.2, 0.25) is 0 Å². The highest BCUT2D eigenvalue weighted by molar-refractivity contribution is 6.31. The summed E-state index contributed by atoms with van der Waals surface area (Å²) in [6, 6.07) is 28.2. The van der Waals surface area contributed by atoms with Crippen LogP contribution in [0.5, 0.6) is 0 Å². The number of benzene rings is 3. The highest BCUT2D eigenvalue weighted by atomic mass is 16.7. The van der Waals surface area contributed by atoms with Gasteiger partial charge in [0.15, 0.2) is 0 Å². The third-order valence-electron chi connectivity index (χ3n) is 5.50. The van der Waals surface area contributed by atoms with Crippen molar-refractivity contribution in [2.45, 2.75) is 12.8 Å². The number of anilines is 2. The minimum absolute atomic E-state index is 0.432. The SMILES string of the molecule is O=C1ON=C(c2ccccc2)C1=Cc1ccc(N(C2=CC=CCC2)c2ccccc2)cc1. The Kier molecular flexibility index (Phi) is 5.50. The number of rotatable bonds is 5. The van der Waals surface area contributed by atoms with E-state index in [4.69, 9.17) is 4.84 Å². The lowest BCUT2D eigenvalue weighted by atomic mass is 10.0. The van der Waals surface area contributed by atoms with Crippen LogP contribution in [0.25, 0.3) is 6.08 Å². The van der Waals surface area contributed by atoms with Gasteiger partial charge in [0.25, 0.3) is 0 Å². The van der Waals surface area contributed by atoms with Gasteiger partial charge in [0.1, 0.15) is 5.71 Å². The van der Waals surface area contributed by atoms with Crippen molar-refractivity contribution >= 4 is 29.1 Å². The number of carbonyl (C=O) groups is 1. The molecule has 0 aromatic heterocycles. The topological polar surface area (TPSA) is 41.9 Å². The van der Waals surface area contributed by atoms with Crippen molar-refractivity contribution in [3.8, 4) is 0 Å². The van der Waals surface area contributed by atoms with Crippen LogP contribution in [0.3, 0.4) is 0 Å². The van der Waals surface area contributed by atoms with E-state index in [1.807, 2.05) is 54.6 Å². The van der Waals surface area contributed by atoms with Gasteiger partial charge >= 0.3 is 5.97 Å². The molecule has 32 heavy (non-hydrogen) atoms. The van der Waals surface area contributed by atoms with Gasteiger partial charge < -0.3 is 9.74 Å². The lowest BCUT2D eigenvalue weighted by molar-refractivity contribution is -0.136. The Labute approximate surface area is 187 Å². The molecule has 1 heterocycles. The zero-order chi connectivity index (χ0) is 21.8. The molecule has 1 aliphatic heterocycles. The van der Waals surface area contributed by atoms with Crippen molar-refractivity contribution in [1.29, 1.82) is 0 Å². The molecule has 156 valence electrons. The molecule has 0 bridgehead atoms. The van der Waals surface area contributed by atoms with Crippen LogP contribution in [0.1, 0.15) is 24.0 Å². The predicted molar refractivity (Wildman–Crippen MR) is 129 cm³/mol. The van der Waals surface area contributed by atoms with Crippen molar-refractivity contribution < 1.29 is 9.63 Å². The van der Waals surface area contributed by atoms with Crippen molar-refractivity contribution in [1.82, 2.24) is 0 Å². The Morgan fingerprint density at radius 2 is 1.53 bits per heavy atom. The molecule has 3 aromatic rings. The zero-order valence-electron chi connectivity index (χ0n) is 17.5. The summed E-state index contributed by atoms with van der Waals surface area (Å²) in [5.41, 5.74) is 6.24. The van der Waals surface area contributed by atoms with Crippen LogP contribution in [0, 0.1) is 0 Å². The van der Waals surface area contributed by atoms with E-state index >= 15 is 0 Å². The van der Waals surface area contributed by atoms with Gasteiger partial charge in [-0.15, -0.1) is 0 Å². The molecule has 0 amide bonds. The molecule has 0 saturated carbocycles. The first-order valence-electron chi connectivity index (χ1n) is 10.7. The minimum Gasteiger partial charge on any atom is -0.314 e. The maximum absolute atomic E-state index is 12.3. The minimum atomic E-state index is -0.432. The second-order valence-electron chi connectivity index (χ2n) is 7.63. The van der Waals surface area contributed by atoms with Crippen molar-refractivity contribution in [3.63, 3.8) is 0 Å². The lowest BCUT2D eigenvalue weighted by Gasteiger charge is -2.29. The molecule has 0 spiro atoms. The van der Waals surface area contributed by atoms with Crippen molar-refractivity contribution in [2.75, 3.05) is 4.90 Å². The Hall–Kier alpha value is -4.18. The Bertz CT molecular complexity index is 1240. The van der Waals surface area contributed by atoms with Gasteiger partial charge in [-0.2, -0.15) is 0 Å². The average Bonchev–Trinajstić information content (AvgIpc) is 3.22. The summed E-state index contributed by atoms with van der Waals surface area (Å²) in [6.07, 6.45) is 10.3. The molecule has 0 atom stereocenters. The summed E-state index contributed by atoms with van der Waals surface area (Å²) in [5, 5.41) is 3.99. The Morgan fingerprint density at radius 3 is 2.22 bits per heavy atom. The van der Waals surface area contributed by atoms with Crippen molar-refractivity contribution in [3.05, 3.63) is 126 Å². The number of allylic oxidation sites excluding steroid dienone is 4. The van der Waals surface area contributed by atoms with E-state index in [0.717, 1.165) is 35.3 Å². The van der Waals surface area contributed by atoms with Gasteiger partial charge in [-0.25, -0.2) is 4.79 Å². The number of hydrogen-bond acceptors (Lipinski definition) is 4. The summed E-state index contributed by atoms with van der Waals surface area (Å²) < 4.78 is 0. The van der Waals surface area contributed by atoms with E-state index in [1.165, 1.54) is 5.70 Å². The monoisotopic (exact) mass is 418 g/mol. The third-order valence-corrected chi connectivity index (χ3v) is 5.50. The molecule has 0 unspecified atom stereocenters. The molecule has 1 aliphatic carbocycles. The fraction of sp³-hybridized carbons (Fsp3) is 0.0714. The normalized spacial score (nSPS) is 16.5. The standard InChI is InChI=1S/C28H22N2O2/c31-28-26(27(29-32-28)22-10-4-1-5-11-22)20-21-16-18-25(19-17-21)30(23-12-6-2-7-13-23)24-14-8-3-9-15-24/h1-8,10-14,16-20H,9,15H2. The quantitative estimate of drug-likeness (QED) is 0.355. The summed E-state index contributed by atoms with van der Waals surface area (Å²) in [5.74, 6) is -0.432. The summed E-state index contributed by atoms with van der Waals surface area (Å²) in [4.78, 5) is 19.5. The predicted octanol–water partition coefficient (Wildman–Crippen LogP) is 6.40. The van der Waals surface area contributed by atoms with E-state index in [2.05, 4.69) is 64.7 Å². The molecular formula is C28H22N2O2. The van der Waals surface area contributed by atoms with E-state index < -0.39 is 5.97 Å². The maximum atomic E-state index is 12.3. The molecule has 0 radical (unpaired) electrons. The second-order valence-corrected chi connectivity index (χ2v) is 7.63. The fourth-order valence-corrected chi connectivity index (χ4v) is 3.93. The van der Waals surface area contributed by atoms with Gasteiger partial charge in [0, 0.05) is 22.6 Å². The van der Waals surface area contributed by atoms with Gasteiger partial charge in [0.05, 0.1) is 5.57 Å². The van der Waals surface area contributed by atoms with Crippen LogP contribution >= 0.6 is 0 Å². The number of oxime groups is 1. The maximum Gasteiger partial charge on any atom is 0.368 e. The van der Waals surface area contributed by atoms with Crippen LogP contribution in [0.2, 0.25) is 0 Å². The molecule has 5 rings (SSSR count). The molecule has 4 nitrogen and oxygen atoms in total. The Balaban J connectivity index is 1.47. The first-order chi connectivity index (χ1) is 15.8. The fourth-order valence-electron chi connectivity index (χ4n) is 3.93. The van der Waals surface area contributed by atoms with E-state index in [9.17, 15) is 4.79 Å². The third kappa shape index (κ3) is 4.03. The first kappa shape index (κ1) is 19.8. The Morgan fingerprint density at radius 1 is 0.844 bits per heavy atom. The molecule has 3 aromatic carbocycles. The summed E-state index contributed by atoms with van der Waals surface area (Å²) in [6.45, 7) is 0. The number of hydrogen-bond donors (Lipinski definition) is 0. The molecule has 0 saturated heterocycles. The molecule has 4 heteroatoms. The second kappa shape index (κ2) is 8.90. The molecule has 0 N–H and O–H groups in total. The van der Waals surface area contributed by atoms with Gasteiger partial charge in [-0.1, -0.05) is 78.0 Å². The van der Waals surface area contributed by atoms with E-state index in [1.54, 1.807) is 0 Å². The van der Waals surface area contributed by atoms with E-state index in [-0.39, 0.29) is 0 Å². The number of carbonyl (C=O) groups excluding carboxylic acids is 1. The van der Waals surface area contributed by atoms with E-state index in [0.29, 0.717) is 11.3 Å². The molecule has 2 aliphatic rings.